The molecule has 0 saturated carbocycles. The van der Waals surface area contributed by atoms with Gasteiger partial charge in [0.05, 0.1) is 24.7 Å². The molecule has 218 valence electrons. The highest BCUT2D eigenvalue weighted by Crippen LogP contribution is 2.37. The van der Waals surface area contributed by atoms with E-state index in [1.54, 1.807) is 6.92 Å². The van der Waals surface area contributed by atoms with E-state index in [1.165, 1.54) is 7.11 Å². The van der Waals surface area contributed by atoms with Crippen LogP contribution in [0, 0.1) is 5.92 Å². The Morgan fingerprint density at radius 1 is 0.976 bits per heavy atom. The molecule has 1 aliphatic heterocycles. The Labute approximate surface area is 244 Å². The lowest BCUT2D eigenvalue weighted by molar-refractivity contribution is -0.141. The third kappa shape index (κ3) is 6.46. The molecule has 1 saturated heterocycles. The van der Waals surface area contributed by atoms with Crippen molar-refractivity contribution < 1.29 is 28.6 Å². The third-order valence-corrected chi connectivity index (χ3v) is 13.0. The molecule has 3 aromatic rings. The van der Waals surface area contributed by atoms with Crippen LogP contribution in [-0.4, -0.2) is 68.9 Å². The summed E-state index contributed by atoms with van der Waals surface area (Å²) < 4.78 is 17.9. The van der Waals surface area contributed by atoms with E-state index >= 15 is 0 Å². The van der Waals surface area contributed by atoms with Gasteiger partial charge in [-0.25, -0.2) is 9.69 Å². The second-order valence-corrected chi connectivity index (χ2v) is 16.0. The fraction of sp³-hybridized carbons (Fsp3) is 0.394. The van der Waals surface area contributed by atoms with E-state index in [4.69, 9.17) is 13.9 Å². The average molecular weight is 576 g/mol. The van der Waals surface area contributed by atoms with Crippen LogP contribution in [0.4, 0.5) is 4.79 Å². The summed E-state index contributed by atoms with van der Waals surface area (Å²) >= 11 is 0. The molecule has 7 nitrogen and oxygen atoms in total. The summed E-state index contributed by atoms with van der Waals surface area (Å²) in [6.07, 6.45) is -2.22. The molecule has 2 amide bonds. The van der Waals surface area contributed by atoms with Gasteiger partial charge >= 0.3 is 6.09 Å². The zero-order valence-electron chi connectivity index (χ0n) is 24.5. The van der Waals surface area contributed by atoms with Crippen LogP contribution in [0.3, 0.4) is 0 Å². The number of hydrogen-bond donors (Lipinski definition) is 1. The third-order valence-electron chi connectivity index (χ3n) is 7.98. The molecule has 0 bridgehead atoms. The maximum Gasteiger partial charge on any atom is 0.416 e. The summed E-state index contributed by atoms with van der Waals surface area (Å²) in [4.78, 5) is 27.4. The number of hydrogen-bond acceptors (Lipinski definition) is 6. The van der Waals surface area contributed by atoms with E-state index in [0.717, 1.165) is 20.8 Å². The van der Waals surface area contributed by atoms with E-state index in [1.807, 2.05) is 66.7 Å². The predicted molar refractivity (Wildman–Crippen MR) is 162 cm³/mol. The topological polar surface area (TPSA) is 85.3 Å². The van der Waals surface area contributed by atoms with Gasteiger partial charge in [-0.05, 0) is 27.4 Å². The molecule has 0 aliphatic carbocycles. The molecule has 0 aromatic heterocycles. The number of amides is 2. The summed E-state index contributed by atoms with van der Waals surface area (Å²) in [5.41, 5.74) is 0.996. The Hall–Kier alpha value is -3.30. The van der Waals surface area contributed by atoms with Gasteiger partial charge in [0, 0.05) is 7.11 Å². The minimum Gasteiger partial charge on any atom is -0.447 e. The number of rotatable bonds is 11. The molecule has 1 fully saturated rings. The fourth-order valence-electron chi connectivity index (χ4n) is 5.73. The van der Waals surface area contributed by atoms with Gasteiger partial charge in [0.1, 0.15) is 12.7 Å². The van der Waals surface area contributed by atoms with Crippen molar-refractivity contribution in [2.75, 3.05) is 20.3 Å². The van der Waals surface area contributed by atoms with Gasteiger partial charge in [-0.15, -0.1) is 0 Å². The van der Waals surface area contributed by atoms with Crippen molar-refractivity contribution in [2.24, 2.45) is 5.92 Å². The molecule has 41 heavy (non-hydrogen) atoms. The highest BCUT2D eigenvalue weighted by atomic mass is 28.4. The maximum atomic E-state index is 13.6. The number of cyclic esters (lactones) is 1. The Bertz CT molecular complexity index is 1240. The molecule has 1 N–H and O–H groups in total. The first-order chi connectivity index (χ1) is 19.6. The van der Waals surface area contributed by atoms with Crippen molar-refractivity contribution >= 4 is 30.7 Å². The van der Waals surface area contributed by atoms with Crippen molar-refractivity contribution in [3.05, 3.63) is 96.6 Å². The van der Waals surface area contributed by atoms with Crippen molar-refractivity contribution in [3.8, 4) is 0 Å². The average Bonchev–Trinajstić information content (AvgIpc) is 3.34. The minimum atomic E-state index is -2.89. The minimum absolute atomic E-state index is 0.0699. The smallest absolute Gasteiger partial charge is 0.416 e. The number of methoxy groups -OCH3 is 1. The number of benzene rings is 3. The molecule has 0 spiro atoms. The summed E-state index contributed by atoms with van der Waals surface area (Å²) in [6.45, 7) is 8.33. The van der Waals surface area contributed by atoms with E-state index < -0.39 is 44.5 Å². The summed E-state index contributed by atoms with van der Waals surface area (Å²) in [5, 5.41) is 13.4. The summed E-state index contributed by atoms with van der Waals surface area (Å²) in [6, 6.07) is 29.6. The maximum absolute atomic E-state index is 13.6. The molecular weight excluding hydrogens is 534 g/mol. The molecule has 0 radical (unpaired) electrons. The number of aliphatic hydroxyl groups excluding tert-OH is 1. The first-order valence-electron chi connectivity index (χ1n) is 14.1. The lowest BCUT2D eigenvalue weighted by Crippen LogP contribution is -2.67. The van der Waals surface area contributed by atoms with Crippen LogP contribution >= 0.6 is 0 Å². The Balaban J connectivity index is 1.56. The Kier molecular flexibility index (Phi) is 9.81. The second kappa shape index (κ2) is 13.1. The fourth-order valence-corrected chi connectivity index (χ4v) is 10.3. The highest BCUT2D eigenvalue weighted by molar-refractivity contribution is 6.99. The lowest BCUT2D eigenvalue weighted by Gasteiger charge is -2.44. The first-order valence-corrected chi connectivity index (χ1v) is 16.0. The molecule has 0 unspecified atom stereocenters. The van der Waals surface area contributed by atoms with Crippen LogP contribution in [0.5, 0.6) is 0 Å². The van der Waals surface area contributed by atoms with Crippen LogP contribution in [-0.2, 0) is 25.1 Å². The molecular formula is C33H41NO6Si. The van der Waals surface area contributed by atoms with Crippen molar-refractivity contribution in [1.29, 1.82) is 0 Å². The van der Waals surface area contributed by atoms with Crippen molar-refractivity contribution in [1.82, 2.24) is 4.90 Å². The van der Waals surface area contributed by atoms with E-state index in [9.17, 15) is 14.7 Å². The van der Waals surface area contributed by atoms with Gasteiger partial charge in [0.25, 0.3) is 8.32 Å². The predicted octanol–water partition coefficient (Wildman–Crippen LogP) is 4.17. The number of aliphatic hydroxyl groups is 1. The molecule has 4 rings (SSSR count). The van der Waals surface area contributed by atoms with Gasteiger partial charge in [0.2, 0.25) is 5.91 Å². The van der Waals surface area contributed by atoms with Crippen LogP contribution in [0.25, 0.3) is 0 Å². The van der Waals surface area contributed by atoms with Crippen LogP contribution < -0.4 is 10.4 Å². The SMILES string of the molecule is CO[C@@H](CO[Si](c1ccccc1)(c1ccccc1)C(C)(C)C)[C@@H](O)[C@H](C)C(=O)N1C(=O)OC[C@@H]1Cc1ccccc1. The summed E-state index contributed by atoms with van der Waals surface area (Å²) in [7, 11) is -1.39. The van der Waals surface area contributed by atoms with Crippen LogP contribution in [0.2, 0.25) is 5.04 Å². The van der Waals surface area contributed by atoms with E-state index in [-0.39, 0.29) is 18.3 Å². The van der Waals surface area contributed by atoms with Crippen LogP contribution in [0.15, 0.2) is 91.0 Å². The standard InChI is InChI=1S/C33H41NO6Si/c1-24(31(36)34-26(22-39-32(34)37)21-25-15-9-6-10-16-25)30(35)29(38-5)23-40-41(33(2,3)4,27-17-11-7-12-18-27)28-19-13-8-14-20-28/h6-20,24,26,29-30,35H,21-23H2,1-5H3/t24-,26-,29-,30-/m0/s1. The number of nitrogens with zero attached hydrogens (tertiary/aromatic N) is 1. The van der Waals surface area contributed by atoms with Gasteiger partial charge < -0.3 is 19.0 Å². The monoisotopic (exact) mass is 575 g/mol. The van der Waals surface area contributed by atoms with Gasteiger partial charge in [-0.2, -0.15) is 0 Å². The normalized spacial score (nSPS) is 18.0. The zero-order chi connectivity index (χ0) is 29.6. The van der Waals surface area contributed by atoms with Gasteiger partial charge in [0.15, 0.2) is 0 Å². The van der Waals surface area contributed by atoms with E-state index in [0.29, 0.717) is 6.42 Å². The quantitative estimate of drug-likeness (QED) is 0.346. The number of carbonyl (C=O) groups excluding carboxylic acids is 2. The zero-order valence-corrected chi connectivity index (χ0v) is 25.5. The first kappa shape index (κ1) is 30.7. The van der Waals surface area contributed by atoms with Crippen molar-refractivity contribution in [2.45, 2.75) is 57.4 Å². The molecule has 3 aromatic carbocycles. The highest BCUT2D eigenvalue weighted by Gasteiger charge is 2.51. The largest absolute Gasteiger partial charge is 0.447 e. The summed E-state index contributed by atoms with van der Waals surface area (Å²) in [5.74, 6) is -1.42. The number of imide groups is 1. The number of ether oxygens (including phenoxy) is 2. The van der Waals surface area contributed by atoms with Crippen LogP contribution in [0.1, 0.15) is 33.3 Å². The van der Waals surface area contributed by atoms with Gasteiger partial charge in [-0.1, -0.05) is 119 Å². The molecule has 1 heterocycles. The number of carbonyl (C=O) groups is 2. The molecule has 4 atom stereocenters. The molecule has 8 heteroatoms. The lowest BCUT2D eigenvalue weighted by atomic mass is 9.97. The van der Waals surface area contributed by atoms with Gasteiger partial charge in [-0.3, -0.25) is 4.79 Å². The Morgan fingerprint density at radius 3 is 1.98 bits per heavy atom. The van der Waals surface area contributed by atoms with E-state index in [2.05, 4.69) is 45.0 Å². The second-order valence-electron chi connectivity index (χ2n) is 11.7. The Morgan fingerprint density at radius 2 is 1.49 bits per heavy atom. The molecule has 1 aliphatic rings. The van der Waals surface area contributed by atoms with Crippen molar-refractivity contribution in [3.63, 3.8) is 0 Å².